The lowest BCUT2D eigenvalue weighted by atomic mass is 9.84. The summed E-state index contributed by atoms with van der Waals surface area (Å²) in [7, 11) is 0. The van der Waals surface area contributed by atoms with E-state index < -0.39 is 0 Å². The standard InChI is InChI=1S/C10H16N2S/c11-9-3-1-2-8(4-9)5-10-6-12-7-13-10/h6-9H,1-5,11H2. The van der Waals surface area contributed by atoms with Crippen LogP contribution in [-0.4, -0.2) is 11.0 Å². The van der Waals surface area contributed by atoms with Crippen molar-refractivity contribution in [3.05, 3.63) is 16.6 Å². The van der Waals surface area contributed by atoms with Crippen molar-refractivity contribution >= 4 is 11.3 Å². The van der Waals surface area contributed by atoms with Crippen LogP contribution in [0.5, 0.6) is 0 Å². The third-order valence-electron chi connectivity index (χ3n) is 2.80. The van der Waals surface area contributed by atoms with Crippen LogP contribution in [0.3, 0.4) is 0 Å². The van der Waals surface area contributed by atoms with Gasteiger partial charge in [-0.15, -0.1) is 11.3 Å². The molecule has 2 N–H and O–H groups in total. The summed E-state index contributed by atoms with van der Waals surface area (Å²) in [6.45, 7) is 0. The number of rotatable bonds is 2. The Bertz CT molecular complexity index is 245. The van der Waals surface area contributed by atoms with E-state index in [1.165, 1.54) is 37.0 Å². The average molecular weight is 196 g/mol. The number of nitrogens with zero attached hydrogens (tertiary/aromatic N) is 1. The zero-order chi connectivity index (χ0) is 9.10. The van der Waals surface area contributed by atoms with Gasteiger partial charge in [0.15, 0.2) is 0 Å². The van der Waals surface area contributed by atoms with Gasteiger partial charge in [-0.1, -0.05) is 6.42 Å². The second-order valence-corrected chi connectivity index (χ2v) is 4.94. The van der Waals surface area contributed by atoms with E-state index >= 15 is 0 Å². The molecule has 2 nitrogen and oxygen atoms in total. The summed E-state index contributed by atoms with van der Waals surface area (Å²) in [6.07, 6.45) is 8.27. The molecule has 0 bridgehead atoms. The van der Waals surface area contributed by atoms with Gasteiger partial charge in [0.25, 0.3) is 0 Å². The van der Waals surface area contributed by atoms with Crippen LogP contribution < -0.4 is 5.73 Å². The van der Waals surface area contributed by atoms with Crippen LogP contribution in [0.4, 0.5) is 0 Å². The summed E-state index contributed by atoms with van der Waals surface area (Å²) in [4.78, 5) is 5.51. The van der Waals surface area contributed by atoms with Crippen molar-refractivity contribution in [2.75, 3.05) is 0 Å². The summed E-state index contributed by atoms with van der Waals surface area (Å²) in [6, 6.07) is 0.451. The predicted molar refractivity (Wildman–Crippen MR) is 55.8 cm³/mol. The topological polar surface area (TPSA) is 38.9 Å². The number of thiazole rings is 1. The van der Waals surface area contributed by atoms with E-state index in [4.69, 9.17) is 5.73 Å². The van der Waals surface area contributed by atoms with Gasteiger partial charge in [0.2, 0.25) is 0 Å². The minimum Gasteiger partial charge on any atom is -0.328 e. The monoisotopic (exact) mass is 196 g/mol. The highest BCUT2D eigenvalue weighted by Crippen LogP contribution is 2.27. The van der Waals surface area contributed by atoms with E-state index in [-0.39, 0.29) is 0 Å². The van der Waals surface area contributed by atoms with Gasteiger partial charge >= 0.3 is 0 Å². The molecule has 0 saturated heterocycles. The van der Waals surface area contributed by atoms with Crippen LogP contribution in [0.25, 0.3) is 0 Å². The molecule has 1 fully saturated rings. The summed E-state index contributed by atoms with van der Waals surface area (Å²) >= 11 is 1.77. The van der Waals surface area contributed by atoms with E-state index in [2.05, 4.69) is 4.98 Å². The smallest absolute Gasteiger partial charge is 0.0794 e. The molecule has 1 aromatic heterocycles. The SMILES string of the molecule is NC1CCCC(Cc2cncs2)C1. The van der Waals surface area contributed by atoms with Crippen LogP contribution >= 0.6 is 11.3 Å². The van der Waals surface area contributed by atoms with E-state index in [1.54, 1.807) is 11.3 Å². The fourth-order valence-corrected chi connectivity index (χ4v) is 2.86. The summed E-state index contributed by atoms with van der Waals surface area (Å²) in [5, 5.41) is 0. The van der Waals surface area contributed by atoms with Crippen LogP contribution in [0.2, 0.25) is 0 Å². The second-order valence-electron chi connectivity index (χ2n) is 3.96. The molecular formula is C10H16N2S. The maximum absolute atomic E-state index is 5.94. The van der Waals surface area contributed by atoms with Crippen molar-refractivity contribution in [2.24, 2.45) is 11.7 Å². The molecule has 0 radical (unpaired) electrons. The second kappa shape index (κ2) is 4.20. The lowest BCUT2D eigenvalue weighted by Gasteiger charge is -2.25. The Morgan fingerprint density at radius 1 is 1.54 bits per heavy atom. The molecule has 0 aliphatic heterocycles. The molecule has 2 atom stereocenters. The Labute approximate surface area is 83.2 Å². The maximum Gasteiger partial charge on any atom is 0.0794 e. The normalized spacial score (nSPS) is 29.0. The van der Waals surface area contributed by atoms with Gasteiger partial charge in [-0.05, 0) is 31.6 Å². The van der Waals surface area contributed by atoms with Gasteiger partial charge in [-0.3, -0.25) is 4.98 Å². The zero-order valence-electron chi connectivity index (χ0n) is 7.78. The molecule has 2 unspecified atom stereocenters. The Balaban J connectivity index is 1.87. The molecule has 0 spiro atoms. The van der Waals surface area contributed by atoms with Crippen molar-refractivity contribution < 1.29 is 0 Å². The molecule has 3 heteroatoms. The van der Waals surface area contributed by atoms with Crippen molar-refractivity contribution in [1.82, 2.24) is 4.98 Å². The molecule has 0 aromatic carbocycles. The molecule has 1 saturated carbocycles. The van der Waals surface area contributed by atoms with Crippen molar-refractivity contribution in [3.8, 4) is 0 Å². The Morgan fingerprint density at radius 3 is 3.15 bits per heavy atom. The first-order valence-corrected chi connectivity index (χ1v) is 5.85. The summed E-state index contributed by atoms with van der Waals surface area (Å²) in [5.74, 6) is 0.809. The lowest BCUT2D eigenvalue weighted by molar-refractivity contribution is 0.322. The molecule has 1 aliphatic carbocycles. The zero-order valence-corrected chi connectivity index (χ0v) is 8.59. The third kappa shape index (κ3) is 2.51. The highest BCUT2D eigenvalue weighted by molar-refractivity contribution is 7.09. The van der Waals surface area contributed by atoms with E-state index in [1.807, 2.05) is 11.7 Å². The highest BCUT2D eigenvalue weighted by Gasteiger charge is 2.19. The quantitative estimate of drug-likeness (QED) is 0.787. The Hall–Kier alpha value is -0.410. The number of hydrogen-bond acceptors (Lipinski definition) is 3. The van der Waals surface area contributed by atoms with Crippen molar-refractivity contribution in [2.45, 2.75) is 38.1 Å². The number of nitrogens with two attached hydrogens (primary N) is 1. The van der Waals surface area contributed by atoms with Crippen LogP contribution in [-0.2, 0) is 6.42 Å². The Kier molecular flexibility index (Phi) is 2.96. The third-order valence-corrected chi connectivity index (χ3v) is 3.60. The molecule has 13 heavy (non-hydrogen) atoms. The van der Waals surface area contributed by atoms with Gasteiger partial charge in [0, 0.05) is 17.1 Å². The first kappa shape index (κ1) is 9.16. The molecular weight excluding hydrogens is 180 g/mol. The maximum atomic E-state index is 5.94. The van der Waals surface area contributed by atoms with Gasteiger partial charge < -0.3 is 5.73 Å². The van der Waals surface area contributed by atoms with Crippen molar-refractivity contribution in [3.63, 3.8) is 0 Å². The number of aromatic nitrogens is 1. The van der Waals surface area contributed by atoms with Gasteiger partial charge in [0.1, 0.15) is 0 Å². The molecule has 1 aliphatic rings. The Morgan fingerprint density at radius 2 is 2.46 bits per heavy atom. The van der Waals surface area contributed by atoms with E-state index in [9.17, 15) is 0 Å². The molecule has 1 aromatic rings. The lowest BCUT2D eigenvalue weighted by Crippen LogP contribution is -2.28. The fourth-order valence-electron chi connectivity index (χ4n) is 2.15. The summed E-state index contributed by atoms with van der Waals surface area (Å²) in [5.41, 5.74) is 7.86. The first-order chi connectivity index (χ1) is 6.34. The minimum absolute atomic E-state index is 0.451. The minimum atomic E-state index is 0.451. The van der Waals surface area contributed by atoms with Gasteiger partial charge in [0.05, 0.1) is 5.51 Å². The molecule has 1 heterocycles. The molecule has 0 amide bonds. The van der Waals surface area contributed by atoms with Crippen LogP contribution in [0.1, 0.15) is 30.6 Å². The van der Waals surface area contributed by atoms with Crippen molar-refractivity contribution in [1.29, 1.82) is 0 Å². The molecule has 72 valence electrons. The summed E-state index contributed by atoms with van der Waals surface area (Å²) < 4.78 is 0. The predicted octanol–water partition coefficient (Wildman–Crippen LogP) is 2.20. The van der Waals surface area contributed by atoms with E-state index in [0.717, 1.165) is 5.92 Å². The highest BCUT2D eigenvalue weighted by atomic mass is 32.1. The van der Waals surface area contributed by atoms with Crippen LogP contribution in [0, 0.1) is 5.92 Å². The molecule has 2 rings (SSSR count). The fraction of sp³-hybridized carbons (Fsp3) is 0.700. The largest absolute Gasteiger partial charge is 0.328 e. The van der Waals surface area contributed by atoms with Gasteiger partial charge in [-0.2, -0.15) is 0 Å². The van der Waals surface area contributed by atoms with E-state index in [0.29, 0.717) is 6.04 Å². The van der Waals surface area contributed by atoms with Crippen LogP contribution in [0.15, 0.2) is 11.7 Å². The number of hydrogen-bond donors (Lipinski definition) is 1. The average Bonchev–Trinajstić information content (AvgIpc) is 2.57. The van der Waals surface area contributed by atoms with Gasteiger partial charge in [-0.25, -0.2) is 0 Å². The first-order valence-electron chi connectivity index (χ1n) is 4.97.